The van der Waals surface area contributed by atoms with Gasteiger partial charge in [0.1, 0.15) is 5.82 Å². The maximum Gasteiger partial charge on any atom is 0.147 e. The van der Waals surface area contributed by atoms with E-state index in [-0.39, 0.29) is 11.5 Å². The molecule has 1 aromatic rings. The van der Waals surface area contributed by atoms with Crippen LogP contribution in [0.4, 0.5) is 5.82 Å². The zero-order valence-electron chi connectivity index (χ0n) is 13.7. The maximum absolute atomic E-state index is 10.9. The summed E-state index contributed by atoms with van der Waals surface area (Å²) in [5.74, 6) is 3.45. The first-order valence-corrected chi connectivity index (χ1v) is 8.76. The zero-order chi connectivity index (χ0) is 15.3. The van der Waals surface area contributed by atoms with Gasteiger partial charge >= 0.3 is 0 Å². The number of anilines is 1. The molecule has 5 rings (SSSR count). The molecule has 0 amide bonds. The summed E-state index contributed by atoms with van der Waals surface area (Å²) in [5, 5.41) is 14.3. The van der Waals surface area contributed by atoms with Crippen LogP contribution in [0.25, 0.3) is 0 Å². The Morgan fingerprint density at radius 3 is 2.36 bits per heavy atom. The van der Waals surface area contributed by atoms with E-state index in [9.17, 15) is 5.11 Å². The van der Waals surface area contributed by atoms with Gasteiger partial charge in [-0.3, -0.25) is 4.98 Å². The quantitative estimate of drug-likeness (QED) is 0.897. The second-order valence-corrected chi connectivity index (χ2v) is 8.12. The second-order valence-electron chi connectivity index (χ2n) is 8.12. The largest absolute Gasteiger partial charge is 0.391 e. The highest BCUT2D eigenvalue weighted by Gasteiger charge is 2.53. The molecule has 22 heavy (non-hydrogen) atoms. The van der Waals surface area contributed by atoms with Gasteiger partial charge in [-0.1, -0.05) is 0 Å². The summed E-state index contributed by atoms with van der Waals surface area (Å²) in [6, 6.07) is 0. The second kappa shape index (κ2) is 5.19. The molecule has 4 heteroatoms. The van der Waals surface area contributed by atoms with Gasteiger partial charge in [0, 0.05) is 12.7 Å². The lowest BCUT2D eigenvalue weighted by molar-refractivity contribution is -0.115. The van der Waals surface area contributed by atoms with E-state index in [2.05, 4.69) is 15.3 Å². The van der Waals surface area contributed by atoms with E-state index in [1.807, 2.05) is 13.8 Å². The van der Waals surface area contributed by atoms with Gasteiger partial charge in [-0.25, -0.2) is 4.98 Å². The van der Waals surface area contributed by atoms with Crippen LogP contribution in [0.2, 0.25) is 0 Å². The fourth-order valence-corrected chi connectivity index (χ4v) is 5.70. The Morgan fingerprint density at radius 1 is 1.18 bits per heavy atom. The van der Waals surface area contributed by atoms with Gasteiger partial charge in [-0.05, 0) is 75.5 Å². The summed E-state index contributed by atoms with van der Waals surface area (Å²) in [7, 11) is 0. The minimum Gasteiger partial charge on any atom is -0.391 e. The Hall–Kier alpha value is -1.16. The highest BCUT2D eigenvalue weighted by atomic mass is 16.3. The average molecular weight is 301 g/mol. The van der Waals surface area contributed by atoms with Gasteiger partial charge in [0.05, 0.1) is 17.5 Å². The molecule has 0 aliphatic heterocycles. The third kappa shape index (κ3) is 2.41. The predicted octanol–water partition coefficient (Wildman–Crippen LogP) is 3.08. The van der Waals surface area contributed by atoms with Crippen LogP contribution < -0.4 is 5.32 Å². The summed E-state index contributed by atoms with van der Waals surface area (Å²) >= 11 is 0. The smallest absolute Gasteiger partial charge is 0.147 e. The minimum atomic E-state index is -0.261. The molecule has 0 saturated heterocycles. The van der Waals surface area contributed by atoms with Crippen LogP contribution in [0.3, 0.4) is 0 Å². The first-order valence-electron chi connectivity index (χ1n) is 8.76. The number of aliphatic hydroxyl groups is 1. The summed E-state index contributed by atoms with van der Waals surface area (Å²) in [6.45, 7) is 4.52. The summed E-state index contributed by atoms with van der Waals surface area (Å²) in [5.41, 5.74) is 1.99. The summed E-state index contributed by atoms with van der Waals surface area (Å²) in [6.07, 6.45) is 9.49. The first kappa shape index (κ1) is 14.4. The van der Waals surface area contributed by atoms with E-state index >= 15 is 0 Å². The van der Waals surface area contributed by atoms with Crippen molar-refractivity contribution in [3.05, 3.63) is 17.6 Å². The third-order valence-corrected chi connectivity index (χ3v) is 6.33. The molecule has 4 fully saturated rings. The first-order chi connectivity index (χ1) is 10.5. The van der Waals surface area contributed by atoms with Crippen molar-refractivity contribution in [3.8, 4) is 0 Å². The normalized spacial score (nSPS) is 37.3. The Morgan fingerprint density at radius 2 is 1.77 bits per heavy atom. The molecule has 0 radical (unpaired) electrons. The number of hydrogen-bond donors (Lipinski definition) is 2. The molecule has 120 valence electrons. The van der Waals surface area contributed by atoms with Gasteiger partial charge in [-0.2, -0.15) is 0 Å². The van der Waals surface area contributed by atoms with Crippen molar-refractivity contribution in [2.24, 2.45) is 23.2 Å². The Kier molecular flexibility index (Phi) is 3.40. The Labute approximate surface area is 132 Å². The summed E-state index contributed by atoms with van der Waals surface area (Å²) in [4.78, 5) is 8.85. The van der Waals surface area contributed by atoms with Crippen molar-refractivity contribution in [2.45, 2.75) is 58.5 Å². The average Bonchev–Trinajstić information content (AvgIpc) is 2.46. The molecule has 2 N–H and O–H groups in total. The number of aliphatic hydroxyl groups excluding tert-OH is 1. The van der Waals surface area contributed by atoms with Crippen molar-refractivity contribution in [3.63, 3.8) is 0 Å². The van der Waals surface area contributed by atoms with Gasteiger partial charge in [-0.15, -0.1) is 0 Å². The maximum atomic E-state index is 10.9. The number of rotatable bonds is 4. The van der Waals surface area contributed by atoms with E-state index in [4.69, 9.17) is 0 Å². The molecule has 4 aliphatic rings. The van der Waals surface area contributed by atoms with Crippen molar-refractivity contribution in [1.29, 1.82) is 0 Å². The Bertz CT molecular complexity index is 536. The van der Waals surface area contributed by atoms with Gasteiger partial charge in [0.25, 0.3) is 0 Å². The van der Waals surface area contributed by atoms with Crippen molar-refractivity contribution >= 4 is 5.82 Å². The topological polar surface area (TPSA) is 58.0 Å². The highest BCUT2D eigenvalue weighted by Crippen LogP contribution is 2.61. The van der Waals surface area contributed by atoms with Crippen molar-refractivity contribution in [2.75, 3.05) is 11.9 Å². The molecule has 1 aromatic heterocycles. The molecule has 4 aliphatic carbocycles. The Balaban J connectivity index is 1.46. The number of hydrogen-bond acceptors (Lipinski definition) is 4. The monoisotopic (exact) mass is 301 g/mol. The molecular formula is C18H27N3O. The lowest BCUT2D eigenvalue weighted by atomic mass is 9.48. The van der Waals surface area contributed by atoms with Crippen LogP contribution in [0.1, 0.15) is 49.9 Å². The van der Waals surface area contributed by atoms with Crippen LogP contribution in [0.5, 0.6) is 0 Å². The van der Waals surface area contributed by atoms with E-state index in [1.54, 1.807) is 6.20 Å². The number of aryl methyl sites for hydroxylation is 2. The minimum absolute atomic E-state index is 0.174. The fourth-order valence-electron chi connectivity index (χ4n) is 5.70. The molecule has 0 unspecified atom stereocenters. The highest BCUT2D eigenvalue weighted by molar-refractivity contribution is 5.39. The number of nitrogens with one attached hydrogen (secondary N) is 1. The predicted molar refractivity (Wildman–Crippen MR) is 86.6 cm³/mol. The zero-order valence-corrected chi connectivity index (χ0v) is 13.7. The lowest BCUT2D eigenvalue weighted by Crippen LogP contribution is -2.53. The lowest BCUT2D eigenvalue weighted by Gasteiger charge is -2.58. The van der Waals surface area contributed by atoms with Crippen molar-refractivity contribution in [1.82, 2.24) is 9.97 Å². The number of aromatic nitrogens is 2. The molecular weight excluding hydrogens is 274 g/mol. The molecule has 4 bridgehead atoms. The van der Waals surface area contributed by atoms with Crippen LogP contribution in [-0.2, 0) is 0 Å². The van der Waals surface area contributed by atoms with E-state index in [0.717, 1.165) is 35.0 Å². The summed E-state index contributed by atoms with van der Waals surface area (Å²) < 4.78 is 0. The molecule has 0 aromatic carbocycles. The molecule has 4 saturated carbocycles. The SMILES string of the molecule is Cc1cnc(C)c(NC[C@H](O)C23CC4CC(CC(C4)C2)C3)n1. The molecule has 1 atom stereocenters. The van der Waals surface area contributed by atoms with E-state index < -0.39 is 0 Å². The molecule has 0 spiro atoms. The fraction of sp³-hybridized carbons (Fsp3) is 0.778. The van der Waals surface area contributed by atoms with E-state index in [1.165, 1.54) is 38.5 Å². The van der Waals surface area contributed by atoms with E-state index in [0.29, 0.717) is 6.54 Å². The van der Waals surface area contributed by atoms with Gasteiger partial charge in [0.2, 0.25) is 0 Å². The van der Waals surface area contributed by atoms with Gasteiger partial charge in [0.15, 0.2) is 0 Å². The molecule has 4 nitrogen and oxygen atoms in total. The van der Waals surface area contributed by atoms with Crippen LogP contribution in [0, 0.1) is 37.0 Å². The molecule has 1 heterocycles. The third-order valence-electron chi connectivity index (χ3n) is 6.33. The van der Waals surface area contributed by atoms with Crippen LogP contribution in [-0.4, -0.2) is 27.7 Å². The van der Waals surface area contributed by atoms with Crippen LogP contribution >= 0.6 is 0 Å². The van der Waals surface area contributed by atoms with Crippen LogP contribution in [0.15, 0.2) is 6.20 Å². The van der Waals surface area contributed by atoms with Gasteiger partial charge < -0.3 is 10.4 Å². The standard InChI is InChI=1S/C18H27N3O/c1-11-9-19-12(2)17(21-11)20-10-16(22)18-6-13-3-14(7-18)5-15(4-13)8-18/h9,13-16,22H,3-8,10H2,1-2H3,(H,20,21)/t13?,14?,15?,16-,18?/m0/s1. The van der Waals surface area contributed by atoms with Crippen molar-refractivity contribution < 1.29 is 5.11 Å². The number of nitrogens with zero attached hydrogens (tertiary/aromatic N) is 2.